The van der Waals surface area contributed by atoms with Crippen molar-refractivity contribution in [3.8, 4) is 5.75 Å². The number of amides is 1. The van der Waals surface area contributed by atoms with Gasteiger partial charge in [0.1, 0.15) is 5.75 Å². The van der Waals surface area contributed by atoms with Crippen LogP contribution in [-0.4, -0.2) is 49.1 Å². The first-order valence-electron chi connectivity index (χ1n) is 7.88. The van der Waals surface area contributed by atoms with E-state index in [1.807, 2.05) is 23.1 Å². The topological polar surface area (TPSA) is 45.7 Å². The first-order valence-corrected chi connectivity index (χ1v) is 9.89. The summed E-state index contributed by atoms with van der Waals surface area (Å²) in [5, 5.41) is 0.995. The predicted molar refractivity (Wildman–Crippen MR) is 104 cm³/mol. The molecule has 2 aromatic heterocycles. The molecule has 0 unspecified atom stereocenters. The van der Waals surface area contributed by atoms with Gasteiger partial charge in [-0.25, -0.2) is 4.98 Å². The summed E-state index contributed by atoms with van der Waals surface area (Å²) in [4.78, 5) is 22.0. The van der Waals surface area contributed by atoms with Crippen LogP contribution in [0.2, 0.25) is 4.34 Å². The van der Waals surface area contributed by atoms with Crippen molar-refractivity contribution < 1.29 is 9.53 Å². The quantitative estimate of drug-likeness (QED) is 0.675. The maximum Gasteiger partial charge on any atom is 0.264 e. The summed E-state index contributed by atoms with van der Waals surface area (Å²) >= 11 is 8.92. The summed E-state index contributed by atoms with van der Waals surface area (Å²) in [6.45, 7) is 2.94. The number of halogens is 1. The Hall–Kier alpha value is -1.83. The van der Waals surface area contributed by atoms with Crippen LogP contribution in [0.4, 0.5) is 5.13 Å². The number of hydrogen-bond acceptors (Lipinski definition) is 6. The van der Waals surface area contributed by atoms with Gasteiger partial charge in [-0.1, -0.05) is 22.9 Å². The monoisotopic (exact) mass is 393 g/mol. The normalized spacial score (nSPS) is 15.0. The van der Waals surface area contributed by atoms with Crippen molar-refractivity contribution in [2.75, 3.05) is 38.2 Å². The molecule has 0 bridgehead atoms. The number of piperazine rings is 1. The average Bonchev–Trinajstić information content (AvgIpc) is 3.26. The number of rotatable bonds is 3. The van der Waals surface area contributed by atoms with Crippen LogP contribution in [-0.2, 0) is 0 Å². The molecule has 4 rings (SSSR count). The summed E-state index contributed by atoms with van der Waals surface area (Å²) in [7, 11) is 1.67. The van der Waals surface area contributed by atoms with Gasteiger partial charge in [0.2, 0.25) is 0 Å². The summed E-state index contributed by atoms with van der Waals surface area (Å²) < 4.78 is 7.03. The van der Waals surface area contributed by atoms with Gasteiger partial charge in [-0.05, 0) is 30.3 Å². The van der Waals surface area contributed by atoms with Crippen molar-refractivity contribution in [2.24, 2.45) is 0 Å². The van der Waals surface area contributed by atoms with Crippen LogP contribution < -0.4 is 9.64 Å². The number of thiazole rings is 1. The standard InChI is InChI=1S/C17H16ClN3O2S2/c1-23-11-2-3-12-14(10-11)25-17(19-12)21-8-6-20(7-9-21)16(22)13-4-5-15(18)24-13/h2-5,10H,6-9H2,1H3. The Bertz CT molecular complexity index is 916. The van der Waals surface area contributed by atoms with E-state index in [1.54, 1.807) is 30.6 Å². The van der Waals surface area contributed by atoms with E-state index < -0.39 is 0 Å². The molecule has 1 aromatic carbocycles. The van der Waals surface area contributed by atoms with Gasteiger partial charge in [0.05, 0.1) is 26.5 Å². The lowest BCUT2D eigenvalue weighted by atomic mass is 10.3. The van der Waals surface area contributed by atoms with Crippen LogP contribution in [0.25, 0.3) is 10.2 Å². The van der Waals surface area contributed by atoms with Crippen LogP contribution in [0.1, 0.15) is 9.67 Å². The molecule has 3 aromatic rings. The Labute approximate surface area is 158 Å². The molecule has 0 saturated carbocycles. The number of carbonyl (C=O) groups is 1. The molecule has 1 aliphatic heterocycles. The fourth-order valence-electron chi connectivity index (χ4n) is 2.84. The molecule has 0 atom stereocenters. The van der Waals surface area contributed by atoms with E-state index >= 15 is 0 Å². The lowest BCUT2D eigenvalue weighted by Crippen LogP contribution is -2.48. The third kappa shape index (κ3) is 3.31. The first-order chi connectivity index (χ1) is 12.1. The Balaban J connectivity index is 1.45. The van der Waals surface area contributed by atoms with Gasteiger partial charge < -0.3 is 14.5 Å². The minimum atomic E-state index is 0.0607. The number of aromatic nitrogens is 1. The van der Waals surface area contributed by atoms with Crippen LogP contribution in [0.15, 0.2) is 30.3 Å². The average molecular weight is 394 g/mol. The number of hydrogen-bond donors (Lipinski definition) is 0. The summed E-state index contributed by atoms with van der Waals surface area (Å²) in [5.74, 6) is 0.901. The highest BCUT2D eigenvalue weighted by Gasteiger charge is 2.24. The van der Waals surface area contributed by atoms with Crippen molar-refractivity contribution in [2.45, 2.75) is 0 Å². The molecule has 8 heteroatoms. The second-order valence-electron chi connectivity index (χ2n) is 5.71. The molecule has 1 aliphatic rings. The minimum Gasteiger partial charge on any atom is -0.497 e. The highest BCUT2D eigenvalue weighted by Crippen LogP contribution is 2.32. The highest BCUT2D eigenvalue weighted by molar-refractivity contribution is 7.22. The number of ether oxygens (including phenoxy) is 1. The van der Waals surface area contributed by atoms with Crippen molar-refractivity contribution in [3.05, 3.63) is 39.5 Å². The van der Waals surface area contributed by atoms with E-state index in [-0.39, 0.29) is 5.91 Å². The number of carbonyl (C=O) groups excluding carboxylic acids is 1. The zero-order valence-corrected chi connectivity index (χ0v) is 16.0. The summed E-state index contributed by atoms with van der Waals surface area (Å²) in [6.07, 6.45) is 0. The molecule has 130 valence electrons. The van der Waals surface area contributed by atoms with Crippen molar-refractivity contribution in [1.29, 1.82) is 0 Å². The molecule has 0 aliphatic carbocycles. The fourth-order valence-corrected chi connectivity index (χ4v) is 4.90. The number of anilines is 1. The maximum absolute atomic E-state index is 12.5. The van der Waals surface area contributed by atoms with Gasteiger partial charge in [-0.2, -0.15) is 0 Å². The number of thiophene rings is 1. The molecule has 0 spiro atoms. The number of benzene rings is 1. The van der Waals surface area contributed by atoms with E-state index in [0.29, 0.717) is 22.3 Å². The molecule has 1 fully saturated rings. The van der Waals surface area contributed by atoms with E-state index in [1.165, 1.54) is 11.3 Å². The third-order valence-corrected chi connectivity index (χ3v) is 6.50. The number of fused-ring (bicyclic) bond motifs is 1. The minimum absolute atomic E-state index is 0.0607. The molecule has 1 amide bonds. The zero-order chi connectivity index (χ0) is 17.4. The molecular formula is C17H16ClN3O2S2. The highest BCUT2D eigenvalue weighted by atomic mass is 35.5. The Kier molecular flexibility index (Phi) is 4.54. The van der Waals surface area contributed by atoms with Crippen LogP contribution in [0.5, 0.6) is 5.75 Å². The van der Waals surface area contributed by atoms with Gasteiger partial charge in [-0.15, -0.1) is 11.3 Å². The summed E-state index contributed by atoms with van der Waals surface area (Å²) in [6, 6.07) is 9.48. The Morgan fingerprint density at radius 3 is 2.64 bits per heavy atom. The smallest absolute Gasteiger partial charge is 0.264 e. The lowest BCUT2D eigenvalue weighted by molar-refractivity contribution is 0.0751. The maximum atomic E-state index is 12.5. The summed E-state index contributed by atoms with van der Waals surface area (Å²) in [5.41, 5.74) is 0.979. The SMILES string of the molecule is COc1ccc2nc(N3CCN(C(=O)c4ccc(Cl)s4)CC3)sc2c1. The fraction of sp³-hybridized carbons (Fsp3) is 0.294. The van der Waals surface area contributed by atoms with Crippen LogP contribution in [0, 0.1) is 0 Å². The molecule has 25 heavy (non-hydrogen) atoms. The van der Waals surface area contributed by atoms with Crippen molar-refractivity contribution >= 4 is 55.5 Å². The van der Waals surface area contributed by atoms with E-state index in [2.05, 4.69) is 4.90 Å². The van der Waals surface area contributed by atoms with E-state index in [9.17, 15) is 4.79 Å². The number of nitrogens with zero attached hydrogens (tertiary/aromatic N) is 3. The Morgan fingerprint density at radius 1 is 1.16 bits per heavy atom. The van der Waals surface area contributed by atoms with E-state index in [4.69, 9.17) is 21.3 Å². The molecule has 5 nitrogen and oxygen atoms in total. The van der Waals surface area contributed by atoms with Crippen molar-refractivity contribution in [3.63, 3.8) is 0 Å². The van der Waals surface area contributed by atoms with Crippen molar-refractivity contribution in [1.82, 2.24) is 9.88 Å². The Morgan fingerprint density at radius 2 is 1.96 bits per heavy atom. The van der Waals surface area contributed by atoms with Crippen LogP contribution in [0.3, 0.4) is 0 Å². The number of methoxy groups -OCH3 is 1. The molecule has 0 radical (unpaired) electrons. The predicted octanol–water partition coefficient (Wildman–Crippen LogP) is 3.98. The third-order valence-electron chi connectivity index (χ3n) is 4.21. The molecule has 3 heterocycles. The molecule has 1 saturated heterocycles. The first kappa shape index (κ1) is 16.6. The van der Waals surface area contributed by atoms with Gasteiger partial charge in [0.15, 0.2) is 5.13 Å². The van der Waals surface area contributed by atoms with Gasteiger partial charge in [0, 0.05) is 26.2 Å². The van der Waals surface area contributed by atoms with E-state index in [0.717, 1.165) is 34.2 Å². The second-order valence-corrected chi connectivity index (χ2v) is 8.44. The van der Waals surface area contributed by atoms with Gasteiger partial charge in [0.25, 0.3) is 5.91 Å². The lowest BCUT2D eigenvalue weighted by Gasteiger charge is -2.34. The molecule has 0 N–H and O–H groups in total. The second kappa shape index (κ2) is 6.82. The van der Waals surface area contributed by atoms with Crippen LogP contribution >= 0.6 is 34.3 Å². The molecular weight excluding hydrogens is 378 g/mol. The van der Waals surface area contributed by atoms with Gasteiger partial charge >= 0.3 is 0 Å². The zero-order valence-electron chi connectivity index (χ0n) is 13.6. The van der Waals surface area contributed by atoms with Gasteiger partial charge in [-0.3, -0.25) is 4.79 Å². The largest absolute Gasteiger partial charge is 0.497 e.